The molecule has 1 N–H and O–H groups in total. The lowest BCUT2D eigenvalue weighted by Crippen LogP contribution is -2.30. The Kier molecular flexibility index (Phi) is 6.51. The molecule has 0 saturated carbocycles. The highest BCUT2D eigenvalue weighted by Crippen LogP contribution is 2.29. The van der Waals surface area contributed by atoms with Gasteiger partial charge in [-0.2, -0.15) is 10.5 Å². The van der Waals surface area contributed by atoms with Crippen LogP contribution in [0.5, 0.6) is 0 Å². The first kappa shape index (κ1) is 20.8. The Morgan fingerprint density at radius 1 is 1.00 bits per heavy atom. The fourth-order valence-corrected chi connectivity index (χ4v) is 3.21. The Morgan fingerprint density at radius 3 is 2.38 bits per heavy atom. The SMILES string of the molecule is N#Cc1ccc(C(=O)NC(c2ccc(Cl)c(Cl)c2)c2ccc(Br)cn2)cc1C#N. The Morgan fingerprint density at radius 2 is 1.76 bits per heavy atom. The van der Waals surface area contributed by atoms with Crippen LogP contribution in [0, 0.1) is 22.7 Å². The maximum atomic E-state index is 12.9. The molecule has 2 aromatic carbocycles. The van der Waals surface area contributed by atoms with E-state index in [-0.39, 0.29) is 16.7 Å². The molecular weight excluding hydrogens is 475 g/mol. The minimum atomic E-state index is -0.605. The fraction of sp³-hybridized carbons (Fsp3) is 0.0476. The van der Waals surface area contributed by atoms with Gasteiger partial charge in [-0.25, -0.2) is 0 Å². The van der Waals surface area contributed by atoms with Crippen molar-refractivity contribution in [3.8, 4) is 12.1 Å². The number of nitrogens with one attached hydrogen (secondary N) is 1. The Bertz CT molecular complexity index is 1170. The minimum Gasteiger partial charge on any atom is -0.340 e. The van der Waals surface area contributed by atoms with Gasteiger partial charge in [0.05, 0.1) is 32.9 Å². The fourth-order valence-electron chi connectivity index (χ4n) is 2.67. The predicted molar refractivity (Wildman–Crippen MR) is 114 cm³/mol. The molecule has 1 aromatic heterocycles. The Balaban J connectivity index is 2.00. The lowest BCUT2D eigenvalue weighted by molar-refractivity contribution is 0.0942. The number of aromatic nitrogens is 1. The van der Waals surface area contributed by atoms with Crippen LogP contribution in [0.1, 0.15) is 38.8 Å². The van der Waals surface area contributed by atoms with E-state index in [2.05, 4.69) is 26.2 Å². The second-order valence-corrected chi connectivity index (χ2v) is 7.70. The molecule has 29 heavy (non-hydrogen) atoms. The Hall–Kier alpha value is -2.90. The van der Waals surface area contributed by atoms with Gasteiger partial charge in [0.1, 0.15) is 12.1 Å². The first-order valence-corrected chi connectivity index (χ1v) is 9.79. The maximum Gasteiger partial charge on any atom is 0.252 e. The van der Waals surface area contributed by atoms with Crippen LogP contribution in [0.3, 0.4) is 0 Å². The molecule has 0 spiro atoms. The van der Waals surface area contributed by atoms with E-state index in [1.807, 2.05) is 18.2 Å². The molecule has 5 nitrogen and oxygen atoms in total. The molecule has 1 heterocycles. The van der Waals surface area contributed by atoms with Crippen LogP contribution >= 0.6 is 39.1 Å². The van der Waals surface area contributed by atoms with Gasteiger partial charge in [-0.05, 0) is 64.0 Å². The van der Waals surface area contributed by atoms with Crippen molar-refractivity contribution in [2.45, 2.75) is 6.04 Å². The Labute approximate surface area is 185 Å². The molecule has 1 unspecified atom stereocenters. The number of carbonyl (C=O) groups is 1. The summed E-state index contributed by atoms with van der Waals surface area (Å²) in [6, 6.07) is 16.2. The molecule has 0 radical (unpaired) electrons. The molecule has 0 bridgehead atoms. The molecule has 0 aliphatic carbocycles. The van der Waals surface area contributed by atoms with Gasteiger partial charge in [0, 0.05) is 16.2 Å². The van der Waals surface area contributed by atoms with Gasteiger partial charge in [-0.1, -0.05) is 29.3 Å². The summed E-state index contributed by atoms with van der Waals surface area (Å²) in [7, 11) is 0. The molecular formula is C21H11BrCl2N4O. The summed E-state index contributed by atoms with van der Waals surface area (Å²) < 4.78 is 0.797. The van der Waals surface area contributed by atoms with Crippen molar-refractivity contribution in [2.75, 3.05) is 0 Å². The molecule has 1 amide bonds. The smallest absolute Gasteiger partial charge is 0.252 e. The lowest BCUT2D eigenvalue weighted by Gasteiger charge is -2.20. The van der Waals surface area contributed by atoms with Crippen molar-refractivity contribution >= 4 is 45.0 Å². The second kappa shape index (κ2) is 9.07. The summed E-state index contributed by atoms with van der Waals surface area (Å²) >= 11 is 15.5. The summed E-state index contributed by atoms with van der Waals surface area (Å²) in [6.45, 7) is 0. The summed E-state index contributed by atoms with van der Waals surface area (Å²) in [4.78, 5) is 17.3. The van der Waals surface area contributed by atoms with E-state index in [1.54, 1.807) is 30.5 Å². The zero-order chi connectivity index (χ0) is 21.0. The molecule has 0 fully saturated rings. The number of hydrogen-bond acceptors (Lipinski definition) is 4. The number of pyridine rings is 1. The molecule has 0 aliphatic rings. The summed E-state index contributed by atoms with van der Waals surface area (Å²) in [5.74, 6) is -0.424. The van der Waals surface area contributed by atoms with E-state index in [4.69, 9.17) is 28.5 Å². The average Bonchev–Trinajstić information content (AvgIpc) is 2.74. The highest BCUT2D eigenvalue weighted by Gasteiger charge is 2.21. The number of nitrogens with zero attached hydrogens (tertiary/aromatic N) is 3. The minimum absolute atomic E-state index is 0.132. The molecule has 3 aromatic rings. The maximum absolute atomic E-state index is 12.9. The third kappa shape index (κ3) is 4.75. The number of amides is 1. The van der Waals surface area contributed by atoms with Gasteiger partial charge >= 0.3 is 0 Å². The van der Waals surface area contributed by atoms with E-state index < -0.39 is 11.9 Å². The average molecular weight is 486 g/mol. The summed E-state index contributed by atoms with van der Waals surface area (Å²) in [5.41, 5.74) is 1.88. The van der Waals surface area contributed by atoms with Crippen molar-refractivity contribution in [1.82, 2.24) is 10.3 Å². The van der Waals surface area contributed by atoms with Crippen molar-refractivity contribution in [1.29, 1.82) is 10.5 Å². The number of hydrogen-bond donors (Lipinski definition) is 1. The van der Waals surface area contributed by atoms with E-state index in [1.165, 1.54) is 18.2 Å². The van der Waals surface area contributed by atoms with Crippen molar-refractivity contribution in [2.24, 2.45) is 0 Å². The largest absolute Gasteiger partial charge is 0.340 e. The van der Waals surface area contributed by atoms with Crippen LogP contribution in [0.25, 0.3) is 0 Å². The molecule has 3 rings (SSSR count). The normalized spacial score (nSPS) is 11.2. The monoisotopic (exact) mass is 484 g/mol. The van der Waals surface area contributed by atoms with Gasteiger partial charge in [0.25, 0.3) is 5.91 Å². The number of halogens is 3. The number of benzene rings is 2. The third-order valence-electron chi connectivity index (χ3n) is 4.12. The van der Waals surface area contributed by atoms with Gasteiger partial charge in [0.2, 0.25) is 0 Å². The molecule has 142 valence electrons. The van der Waals surface area contributed by atoms with Gasteiger partial charge < -0.3 is 5.32 Å². The van der Waals surface area contributed by atoms with E-state index in [0.29, 0.717) is 21.3 Å². The first-order valence-electron chi connectivity index (χ1n) is 8.24. The summed E-state index contributed by atoms with van der Waals surface area (Å²) in [6.07, 6.45) is 1.63. The highest BCUT2D eigenvalue weighted by molar-refractivity contribution is 9.10. The topological polar surface area (TPSA) is 89.6 Å². The van der Waals surface area contributed by atoms with Crippen LogP contribution in [0.15, 0.2) is 59.2 Å². The van der Waals surface area contributed by atoms with Crippen LogP contribution in [-0.4, -0.2) is 10.9 Å². The zero-order valence-electron chi connectivity index (χ0n) is 14.7. The molecule has 1 atom stereocenters. The van der Waals surface area contributed by atoms with E-state index in [0.717, 1.165) is 4.47 Å². The van der Waals surface area contributed by atoms with Crippen LogP contribution in [-0.2, 0) is 0 Å². The number of rotatable bonds is 4. The van der Waals surface area contributed by atoms with Gasteiger partial charge in [-0.3, -0.25) is 9.78 Å². The molecule has 0 saturated heterocycles. The first-order chi connectivity index (χ1) is 13.9. The van der Waals surface area contributed by atoms with Crippen LogP contribution in [0.4, 0.5) is 0 Å². The van der Waals surface area contributed by atoms with Crippen LogP contribution in [0.2, 0.25) is 10.0 Å². The van der Waals surface area contributed by atoms with Crippen molar-refractivity contribution in [3.05, 3.63) is 97.2 Å². The van der Waals surface area contributed by atoms with Gasteiger partial charge in [-0.15, -0.1) is 0 Å². The summed E-state index contributed by atoms with van der Waals surface area (Å²) in [5, 5.41) is 21.9. The highest BCUT2D eigenvalue weighted by atomic mass is 79.9. The van der Waals surface area contributed by atoms with Crippen molar-refractivity contribution in [3.63, 3.8) is 0 Å². The number of carbonyl (C=O) groups excluding carboxylic acids is 1. The standard InChI is InChI=1S/C21H11BrCl2N4O/c22-16-4-6-19(27-11-16)20(12-3-5-17(23)18(24)8-12)28-21(29)13-1-2-14(9-25)15(7-13)10-26/h1-8,11,20H,(H,28,29). The lowest BCUT2D eigenvalue weighted by atomic mass is 10.0. The molecule has 8 heteroatoms. The van der Waals surface area contributed by atoms with Gasteiger partial charge in [0.15, 0.2) is 0 Å². The van der Waals surface area contributed by atoms with Crippen LogP contribution < -0.4 is 5.32 Å². The second-order valence-electron chi connectivity index (χ2n) is 5.97. The predicted octanol–water partition coefficient (Wildman–Crippen LogP) is 5.41. The quantitative estimate of drug-likeness (QED) is 0.534. The van der Waals surface area contributed by atoms with Crippen molar-refractivity contribution < 1.29 is 4.79 Å². The number of nitriles is 2. The van der Waals surface area contributed by atoms with E-state index >= 15 is 0 Å². The third-order valence-corrected chi connectivity index (χ3v) is 5.33. The van der Waals surface area contributed by atoms with E-state index in [9.17, 15) is 10.1 Å². The zero-order valence-corrected chi connectivity index (χ0v) is 17.8. The molecule has 0 aliphatic heterocycles.